The lowest BCUT2D eigenvalue weighted by Gasteiger charge is -2.14. The van der Waals surface area contributed by atoms with Crippen LogP contribution < -0.4 is 5.32 Å². The highest BCUT2D eigenvalue weighted by atomic mass is 19.1. The summed E-state index contributed by atoms with van der Waals surface area (Å²) in [5.41, 5.74) is 2.51. The van der Waals surface area contributed by atoms with Crippen LogP contribution in [0.1, 0.15) is 17.9 Å². The van der Waals surface area contributed by atoms with Crippen molar-refractivity contribution in [2.75, 3.05) is 19.4 Å². The van der Waals surface area contributed by atoms with Crippen molar-refractivity contribution < 1.29 is 13.7 Å². The summed E-state index contributed by atoms with van der Waals surface area (Å²) >= 11 is 0. The number of amides is 1. The Morgan fingerprint density at radius 3 is 2.63 bits per heavy atom. The zero-order valence-corrected chi connectivity index (χ0v) is 15.3. The summed E-state index contributed by atoms with van der Waals surface area (Å²) in [5, 5.41) is 6.81. The molecule has 0 spiro atoms. The summed E-state index contributed by atoms with van der Waals surface area (Å²) in [4.78, 5) is 18.6. The second kappa shape index (κ2) is 8.55. The number of nitrogens with zero attached hydrogens (tertiary/aromatic N) is 3. The zero-order chi connectivity index (χ0) is 19.2. The van der Waals surface area contributed by atoms with Crippen molar-refractivity contribution in [3.63, 3.8) is 0 Å². The molecule has 6 nitrogen and oxygen atoms in total. The maximum absolute atomic E-state index is 13.0. The number of aromatic nitrogens is 2. The molecule has 1 amide bonds. The van der Waals surface area contributed by atoms with Crippen LogP contribution in [0.25, 0.3) is 11.4 Å². The van der Waals surface area contributed by atoms with E-state index in [-0.39, 0.29) is 18.1 Å². The Hall–Kier alpha value is -3.06. The van der Waals surface area contributed by atoms with Gasteiger partial charge in [-0.2, -0.15) is 4.98 Å². The van der Waals surface area contributed by atoms with Gasteiger partial charge in [0.15, 0.2) is 0 Å². The predicted molar refractivity (Wildman–Crippen MR) is 100 cm³/mol. The molecule has 0 aliphatic heterocycles. The van der Waals surface area contributed by atoms with Gasteiger partial charge in [-0.05, 0) is 50.0 Å². The summed E-state index contributed by atoms with van der Waals surface area (Å²) in [5.74, 6) is 0.296. The van der Waals surface area contributed by atoms with Gasteiger partial charge in [-0.25, -0.2) is 4.39 Å². The number of aryl methyl sites for hydroxylation is 1. The van der Waals surface area contributed by atoms with E-state index in [1.165, 1.54) is 12.1 Å². The first kappa shape index (κ1) is 18.7. The molecule has 0 aliphatic carbocycles. The second-order valence-electron chi connectivity index (χ2n) is 6.46. The van der Waals surface area contributed by atoms with Crippen LogP contribution in [-0.4, -0.2) is 35.0 Å². The standard InChI is InChI=1S/C20H21FN4O2/c1-25(2)13-15-5-3-4-6-17(15)22-18(26)11-12-19-23-20(24-27-19)14-7-9-16(21)10-8-14/h3-10H,11-13H2,1-2H3,(H,22,26). The topological polar surface area (TPSA) is 71.3 Å². The Morgan fingerprint density at radius 2 is 1.89 bits per heavy atom. The molecule has 140 valence electrons. The first-order valence-corrected chi connectivity index (χ1v) is 8.62. The largest absolute Gasteiger partial charge is 0.339 e. The van der Waals surface area contributed by atoms with Crippen molar-refractivity contribution in [1.82, 2.24) is 15.0 Å². The maximum atomic E-state index is 13.0. The number of hydrogen-bond donors (Lipinski definition) is 1. The van der Waals surface area contributed by atoms with Gasteiger partial charge in [0.2, 0.25) is 17.6 Å². The van der Waals surface area contributed by atoms with Crippen molar-refractivity contribution in [3.05, 3.63) is 65.8 Å². The number of nitrogens with one attached hydrogen (secondary N) is 1. The van der Waals surface area contributed by atoms with Crippen LogP contribution in [0, 0.1) is 5.82 Å². The molecule has 7 heteroatoms. The van der Waals surface area contributed by atoms with E-state index in [4.69, 9.17) is 4.52 Å². The molecule has 1 aromatic heterocycles. The van der Waals surface area contributed by atoms with Gasteiger partial charge >= 0.3 is 0 Å². The van der Waals surface area contributed by atoms with E-state index in [2.05, 4.69) is 15.5 Å². The lowest BCUT2D eigenvalue weighted by atomic mass is 10.1. The fourth-order valence-electron chi connectivity index (χ4n) is 2.63. The van der Waals surface area contributed by atoms with Crippen molar-refractivity contribution in [1.29, 1.82) is 0 Å². The number of benzene rings is 2. The van der Waals surface area contributed by atoms with Gasteiger partial charge < -0.3 is 14.7 Å². The SMILES string of the molecule is CN(C)Cc1ccccc1NC(=O)CCc1nc(-c2ccc(F)cc2)no1. The normalized spacial score (nSPS) is 11.0. The van der Waals surface area contributed by atoms with Crippen LogP contribution in [0.3, 0.4) is 0 Å². The Kier molecular flexibility index (Phi) is 5.93. The van der Waals surface area contributed by atoms with E-state index in [1.807, 2.05) is 43.3 Å². The first-order valence-electron chi connectivity index (χ1n) is 8.62. The summed E-state index contributed by atoms with van der Waals surface area (Å²) in [6, 6.07) is 13.6. The molecule has 0 radical (unpaired) electrons. The van der Waals surface area contributed by atoms with Gasteiger partial charge in [-0.1, -0.05) is 23.4 Å². The Balaban J connectivity index is 1.58. The van der Waals surface area contributed by atoms with Gasteiger partial charge in [0, 0.05) is 30.6 Å². The number of carbonyl (C=O) groups excluding carboxylic acids is 1. The van der Waals surface area contributed by atoms with E-state index >= 15 is 0 Å². The summed E-state index contributed by atoms with van der Waals surface area (Å²) in [6.07, 6.45) is 0.553. The molecule has 0 unspecified atom stereocenters. The fraction of sp³-hybridized carbons (Fsp3) is 0.250. The van der Waals surface area contributed by atoms with E-state index in [0.717, 1.165) is 17.8 Å². The van der Waals surface area contributed by atoms with Crippen LogP contribution >= 0.6 is 0 Å². The average Bonchev–Trinajstić information content (AvgIpc) is 3.11. The lowest BCUT2D eigenvalue weighted by molar-refractivity contribution is -0.116. The Bertz CT molecular complexity index is 906. The van der Waals surface area contributed by atoms with Crippen LogP contribution in [-0.2, 0) is 17.8 Å². The Morgan fingerprint density at radius 1 is 1.15 bits per heavy atom. The highest BCUT2D eigenvalue weighted by molar-refractivity contribution is 5.91. The van der Waals surface area contributed by atoms with Crippen LogP contribution in [0.15, 0.2) is 53.1 Å². The van der Waals surface area contributed by atoms with Crippen LogP contribution in [0.4, 0.5) is 10.1 Å². The van der Waals surface area contributed by atoms with E-state index in [9.17, 15) is 9.18 Å². The third-order valence-corrected chi connectivity index (χ3v) is 3.91. The summed E-state index contributed by atoms with van der Waals surface area (Å²) in [6.45, 7) is 0.737. The molecule has 3 aromatic rings. The van der Waals surface area contributed by atoms with Gasteiger partial charge in [-0.3, -0.25) is 4.79 Å². The van der Waals surface area contributed by atoms with Crippen LogP contribution in [0.2, 0.25) is 0 Å². The molecule has 0 bridgehead atoms. The van der Waals surface area contributed by atoms with Crippen molar-refractivity contribution in [2.45, 2.75) is 19.4 Å². The molecule has 27 heavy (non-hydrogen) atoms. The lowest BCUT2D eigenvalue weighted by Crippen LogP contribution is -2.16. The quantitative estimate of drug-likeness (QED) is 0.691. The molecular weight excluding hydrogens is 347 g/mol. The number of hydrogen-bond acceptors (Lipinski definition) is 5. The van der Waals surface area contributed by atoms with Gasteiger partial charge in [0.05, 0.1) is 0 Å². The van der Waals surface area contributed by atoms with Crippen molar-refractivity contribution in [2.24, 2.45) is 0 Å². The number of para-hydroxylation sites is 1. The maximum Gasteiger partial charge on any atom is 0.227 e. The molecule has 1 heterocycles. The highest BCUT2D eigenvalue weighted by Crippen LogP contribution is 2.18. The third-order valence-electron chi connectivity index (χ3n) is 3.91. The second-order valence-corrected chi connectivity index (χ2v) is 6.46. The molecule has 2 aromatic carbocycles. The van der Waals surface area contributed by atoms with Crippen LogP contribution in [0.5, 0.6) is 0 Å². The predicted octanol–water partition coefficient (Wildman–Crippen LogP) is 3.51. The molecular formula is C20H21FN4O2. The number of halogens is 1. The summed E-state index contributed by atoms with van der Waals surface area (Å²) < 4.78 is 18.2. The Labute approximate surface area is 157 Å². The molecule has 0 saturated heterocycles. The zero-order valence-electron chi connectivity index (χ0n) is 15.3. The molecule has 0 saturated carbocycles. The number of anilines is 1. The minimum absolute atomic E-state index is 0.122. The molecule has 3 rings (SSSR count). The smallest absolute Gasteiger partial charge is 0.227 e. The minimum atomic E-state index is -0.325. The third kappa shape index (κ3) is 5.21. The van der Waals surface area contributed by atoms with E-state index < -0.39 is 0 Å². The number of carbonyl (C=O) groups is 1. The first-order chi connectivity index (χ1) is 13.0. The van der Waals surface area contributed by atoms with E-state index in [1.54, 1.807) is 12.1 Å². The molecule has 0 aliphatic rings. The fourth-order valence-corrected chi connectivity index (χ4v) is 2.63. The summed E-state index contributed by atoms with van der Waals surface area (Å²) in [7, 11) is 3.96. The van der Waals surface area contributed by atoms with Gasteiger partial charge in [-0.15, -0.1) is 0 Å². The van der Waals surface area contributed by atoms with Gasteiger partial charge in [0.25, 0.3) is 0 Å². The van der Waals surface area contributed by atoms with Crippen molar-refractivity contribution in [3.8, 4) is 11.4 Å². The van der Waals surface area contributed by atoms with E-state index in [0.29, 0.717) is 23.7 Å². The minimum Gasteiger partial charge on any atom is -0.339 e. The molecule has 0 fully saturated rings. The molecule has 0 atom stereocenters. The molecule has 1 N–H and O–H groups in total. The highest BCUT2D eigenvalue weighted by Gasteiger charge is 2.12. The van der Waals surface area contributed by atoms with Crippen molar-refractivity contribution >= 4 is 11.6 Å². The average molecular weight is 368 g/mol. The number of rotatable bonds is 7. The van der Waals surface area contributed by atoms with Gasteiger partial charge in [0.1, 0.15) is 5.82 Å². The monoisotopic (exact) mass is 368 g/mol.